The van der Waals surface area contributed by atoms with Gasteiger partial charge in [-0.05, 0) is 17.9 Å². The molecule has 0 spiro atoms. The quantitative estimate of drug-likeness (QED) is 0.826. The van der Waals surface area contributed by atoms with E-state index in [1.54, 1.807) is 17.8 Å². The van der Waals surface area contributed by atoms with Gasteiger partial charge in [0.15, 0.2) is 5.16 Å². The van der Waals surface area contributed by atoms with E-state index in [-0.39, 0.29) is 0 Å². The SMILES string of the molecule is Nc1cc(N)nc(SC2CC2c2ccccc2)n1. The summed E-state index contributed by atoms with van der Waals surface area (Å²) >= 11 is 1.66. The van der Waals surface area contributed by atoms with Crippen molar-refractivity contribution in [1.29, 1.82) is 0 Å². The van der Waals surface area contributed by atoms with Gasteiger partial charge in [0.25, 0.3) is 0 Å². The van der Waals surface area contributed by atoms with Crippen molar-refractivity contribution in [1.82, 2.24) is 9.97 Å². The number of nitrogens with two attached hydrogens (primary N) is 2. The van der Waals surface area contributed by atoms with E-state index in [1.807, 2.05) is 6.07 Å². The van der Waals surface area contributed by atoms with Crippen molar-refractivity contribution in [2.75, 3.05) is 11.5 Å². The second-order valence-corrected chi connectivity index (χ2v) is 5.62. The Morgan fingerprint density at radius 3 is 2.39 bits per heavy atom. The number of thioether (sulfide) groups is 1. The second-order valence-electron chi connectivity index (χ2n) is 4.41. The van der Waals surface area contributed by atoms with E-state index in [4.69, 9.17) is 11.5 Å². The fourth-order valence-electron chi connectivity index (χ4n) is 2.00. The van der Waals surface area contributed by atoms with Crippen molar-refractivity contribution in [3.05, 3.63) is 42.0 Å². The van der Waals surface area contributed by atoms with Crippen molar-refractivity contribution >= 4 is 23.4 Å². The third kappa shape index (κ3) is 2.41. The van der Waals surface area contributed by atoms with Crippen LogP contribution in [0.1, 0.15) is 17.9 Å². The first kappa shape index (κ1) is 11.3. The van der Waals surface area contributed by atoms with Crippen molar-refractivity contribution in [2.45, 2.75) is 22.7 Å². The van der Waals surface area contributed by atoms with E-state index >= 15 is 0 Å². The summed E-state index contributed by atoms with van der Waals surface area (Å²) < 4.78 is 0. The zero-order valence-electron chi connectivity index (χ0n) is 9.78. The van der Waals surface area contributed by atoms with Crippen molar-refractivity contribution in [3.63, 3.8) is 0 Å². The van der Waals surface area contributed by atoms with Gasteiger partial charge in [-0.15, -0.1) is 0 Å². The summed E-state index contributed by atoms with van der Waals surface area (Å²) in [5, 5.41) is 1.21. The molecule has 1 aromatic carbocycles. The Kier molecular flexibility index (Phi) is 2.83. The Labute approximate surface area is 110 Å². The van der Waals surface area contributed by atoms with Crippen LogP contribution in [0.15, 0.2) is 41.6 Å². The highest BCUT2D eigenvalue weighted by atomic mass is 32.2. The van der Waals surface area contributed by atoms with Gasteiger partial charge in [0.05, 0.1) is 0 Å². The smallest absolute Gasteiger partial charge is 0.191 e. The summed E-state index contributed by atoms with van der Waals surface area (Å²) in [4.78, 5) is 8.38. The molecule has 2 aromatic rings. The Balaban J connectivity index is 1.69. The number of rotatable bonds is 3. The maximum Gasteiger partial charge on any atom is 0.191 e. The summed E-state index contributed by atoms with van der Waals surface area (Å²) in [5.41, 5.74) is 12.7. The molecular formula is C13H14N4S. The molecule has 1 aromatic heterocycles. The topological polar surface area (TPSA) is 77.8 Å². The van der Waals surface area contributed by atoms with Gasteiger partial charge in [-0.3, -0.25) is 0 Å². The lowest BCUT2D eigenvalue weighted by Crippen LogP contribution is -1.99. The third-order valence-corrected chi connectivity index (χ3v) is 4.18. The minimum atomic E-state index is 0.432. The standard InChI is InChI=1S/C13H14N4S/c14-11-7-12(15)17-13(16-11)18-10-6-9(10)8-4-2-1-3-5-8/h1-5,7,9-10H,6H2,(H4,14,15,16,17). The molecule has 1 aliphatic rings. The predicted molar refractivity (Wildman–Crippen MR) is 74.3 cm³/mol. The van der Waals surface area contributed by atoms with E-state index in [0.29, 0.717) is 28.0 Å². The third-order valence-electron chi connectivity index (χ3n) is 2.96. The first-order chi connectivity index (χ1) is 8.72. The molecule has 1 saturated carbocycles. The molecule has 0 radical (unpaired) electrons. The van der Waals surface area contributed by atoms with Crippen LogP contribution < -0.4 is 11.5 Å². The van der Waals surface area contributed by atoms with Crippen LogP contribution in [0.5, 0.6) is 0 Å². The first-order valence-electron chi connectivity index (χ1n) is 5.84. The molecule has 4 N–H and O–H groups in total. The number of benzene rings is 1. The van der Waals surface area contributed by atoms with Crippen LogP contribution in [0.4, 0.5) is 11.6 Å². The van der Waals surface area contributed by atoms with Crippen LogP contribution in [-0.2, 0) is 0 Å². The zero-order valence-corrected chi connectivity index (χ0v) is 10.6. The molecule has 2 atom stereocenters. The number of aromatic nitrogens is 2. The number of hydrogen-bond acceptors (Lipinski definition) is 5. The molecule has 1 aliphatic carbocycles. The monoisotopic (exact) mass is 258 g/mol. The molecule has 1 fully saturated rings. The highest BCUT2D eigenvalue weighted by molar-refractivity contribution is 8.00. The highest BCUT2D eigenvalue weighted by Crippen LogP contribution is 2.50. The molecule has 5 heteroatoms. The molecule has 0 saturated heterocycles. The summed E-state index contributed by atoms with van der Waals surface area (Å²) in [5.74, 6) is 1.46. The zero-order chi connectivity index (χ0) is 12.5. The molecule has 92 valence electrons. The summed E-state index contributed by atoms with van der Waals surface area (Å²) in [6, 6.07) is 12.1. The average Bonchev–Trinajstić information content (AvgIpc) is 3.08. The fourth-order valence-corrected chi connectivity index (χ4v) is 3.21. The van der Waals surface area contributed by atoms with Crippen molar-refractivity contribution in [3.8, 4) is 0 Å². The number of nitrogens with zero attached hydrogens (tertiary/aromatic N) is 2. The molecule has 18 heavy (non-hydrogen) atoms. The molecule has 4 nitrogen and oxygen atoms in total. The second kappa shape index (κ2) is 4.49. The normalized spacial score (nSPS) is 21.8. The maximum atomic E-state index is 5.66. The number of hydrogen-bond donors (Lipinski definition) is 2. The van der Waals surface area contributed by atoms with Crippen LogP contribution in [0, 0.1) is 0 Å². The Morgan fingerprint density at radius 1 is 1.06 bits per heavy atom. The lowest BCUT2D eigenvalue weighted by molar-refractivity contribution is 0.982. The summed E-state index contributed by atoms with van der Waals surface area (Å²) in [7, 11) is 0. The minimum absolute atomic E-state index is 0.432. The van der Waals surface area contributed by atoms with Gasteiger partial charge >= 0.3 is 0 Å². The van der Waals surface area contributed by atoms with E-state index in [2.05, 4.69) is 34.2 Å². The van der Waals surface area contributed by atoms with Gasteiger partial charge in [0.2, 0.25) is 0 Å². The Hall–Kier alpha value is -1.75. The van der Waals surface area contributed by atoms with Gasteiger partial charge in [-0.1, -0.05) is 42.1 Å². The predicted octanol–water partition coefficient (Wildman–Crippen LogP) is 2.29. The number of anilines is 2. The van der Waals surface area contributed by atoms with E-state index < -0.39 is 0 Å². The highest BCUT2D eigenvalue weighted by Gasteiger charge is 2.39. The van der Waals surface area contributed by atoms with Gasteiger partial charge in [0, 0.05) is 11.3 Å². The van der Waals surface area contributed by atoms with Gasteiger partial charge in [0.1, 0.15) is 11.6 Å². The van der Waals surface area contributed by atoms with Crippen LogP contribution in [0.2, 0.25) is 0 Å². The Bertz CT molecular complexity index is 538. The van der Waals surface area contributed by atoms with Gasteiger partial charge < -0.3 is 11.5 Å². The lowest BCUT2D eigenvalue weighted by atomic mass is 10.1. The first-order valence-corrected chi connectivity index (χ1v) is 6.72. The Morgan fingerprint density at radius 2 is 1.72 bits per heavy atom. The molecule has 0 amide bonds. The van der Waals surface area contributed by atoms with Crippen LogP contribution in [0.25, 0.3) is 0 Å². The molecule has 3 rings (SSSR count). The summed E-state index contributed by atoms with van der Waals surface area (Å²) in [6.45, 7) is 0. The summed E-state index contributed by atoms with van der Waals surface area (Å²) in [6.07, 6.45) is 1.16. The van der Waals surface area contributed by atoms with Crippen LogP contribution in [0.3, 0.4) is 0 Å². The molecule has 0 bridgehead atoms. The van der Waals surface area contributed by atoms with E-state index in [0.717, 1.165) is 6.42 Å². The molecule has 1 heterocycles. The average molecular weight is 258 g/mol. The largest absolute Gasteiger partial charge is 0.383 e. The lowest BCUT2D eigenvalue weighted by Gasteiger charge is -2.02. The van der Waals surface area contributed by atoms with E-state index in [9.17, 15) is 0 Å². The molecule has 0 aliphatic heterocycles. The molecule has 2 unspecified atom stereocenters. The van der Waals surface area contributed by atoms with Crippen LogP contribution >= 0.6 is 11.8 Å². The maximum absolute atomic E-state index is 5.66. The van der Waals surface area contributed by atoms with Crippen molar-refractivity contribution in [2.24, 2.45) is 0 Å². The fraction of sp³-hybridized carbons (Fsp3) is 0.231. The van der Waals surface area contributed by atoms with Gasteiger partial charge in [-0.2, -0.15) is 0 Å². The van der Waals surface area contributed by atoms with Crippen molar-refractivity contribution < 1.29 is 0 Å². The van der Waals surface area contributed by atoms with Crippen LogP contribution in [-0.4, -0.2) is 15.2 Å². The molecular weight excluding hydrogens is 244 g/mol. The number of nitrogen functional groups attached to an aromatic ring is 2. The minimum Gasteiger partial charge on any atom is -0.383 e. The van der Waals surface area contributed by atoms with E-state index in [1.165, 1.54) is 5.56 Å². The van der Waals surface area contributed by atoms with Gasteiger partial charge in [-0.25, -0.2) is 9.97 Å².